The van der Waals surface area contributed by atoms with E-state index in [2.05, 4.69) is 20.3 Å². The Kier molecular flexibility index (Phi) is 6.22. The summed E-state index contributed by atoms with van der Waals surface area (Å²) in [6.45, 7) is 5.11. The number of H-pyrrole nitrogens is 1. The molecule has 0 saturated carbocycles. The van der Waals surface area contributed by atoms with Gasteiger partial charge >= 0.3 is 5.76 Å². The predicted octanol–water partition coefficient (Wildman–Crippen LogP) is 3.96. The zero-order chi connectivity index (χ0) is 24.4. The molecule has 35 heavy (non-hydrogen) atoms. The predicted molar refractivity (Wildman–Crippen MR) is 132 cm³/mol. The Labute approximate surface area is 202 Å². The number of fused-ring (bicyclic) bond motifs is 2. The minimum atomic E-state index is -0.477. The van der Waals surface area contributed by atoms with Crippen LogP contribution < -0.4 is 15.8 Å². The quantitative estimate of drug-likeness (QED) is 0.418. The van der Waals surface area contributed by atoms with Crippen LogP contribution in [0.2, 0.25) is 0 Å². The van der Waals surface area contributed by atoms with E-state index in [0.29, 0.717) is 49.4 Å². The molecule has 0 unspecified atom stereocenters. The third kappa shape index (κ3) is 5.34. The van der Waals surface area contributed by atoms with E-state index < -0.39 is 5.76 Å². The van der Waals surface area contributed by atoms with Gasteiger partial charge in [-0.25, -0.2) is 14.8 Å². The number of rotatable bonds is 7. The first-order valence-corrected chi connectivity index (χ1v) is 11.7. The summed E-state index contributed by atoms with van der Waals surface area (Å²) < 4.78 is 10.8. The molecule has 0 spiro atoms. The smallest absolute Gasteiger partial charge is 0.417 e. The SMILES string of the molecule is CC(C)Oc1ccc(Nc2ncc3c(n2)CCN(C(=O)CCc2ccc4[nH]c(=O)oc4c2)C3)cc1. The lowest BCUT2D eigenvalue weighted by molar-refractivity contribution is -0.132. The molecular weight excluding hydrogens is 446 g/mol. The molecule has 5 rings (SSSR count). The van der Waals surface area contributed by atoms with Gasteiger partial charge in [0.25, 0.3) is 0 Å². The second-order valence-electron chi connectivity index (χ2n) is 8.89. The third-order valence-electron chi connectivity index (χ3n) is 5.88. The fourth-order valence-electron chi connectivity index (χ4n) is 4.16. The summed E-state index contributed by atoms with van der Waals surface area (Å²) in [5.74, 6) is 0.957. The number of hydrogen-bond acceptors (Lipinski definition) is 7. The van der Waals surface area contributed by atoms with Gasteiger partial charge in [0.2, 0.25) is 11.9 Å². The summed E-state index contributed by atoms with van der Waals surface area (Å²) in [5.41, 5.74) is 4.92. The molecule has 1 amide bonds. The molecular formula is C26H27N5O4. The molecule has 0 aliphatic carbocycles. The molecule has 0 radical (unpaired) electrons. The molecule has 0 saturated heterocycles. The highest BCUT2D eigenvalue weighted by Gasteiger charge is 2.22. The number of nitrogens with zero attached hydrogens (tertiary/aromatic N) is 3. The number of aromatic nitrogens is 3. The molecule has 9 nitrogen and oxygen atoms in total. The molecule has 2 N–H and O–H groups in total. The number of ether oxygens (including phenoxy) is 1. The van der Waals surface area contributed by atoms with Crippen LogP contribution in [-0.2, 0) is 24.2 Å². The van der Waals surface area contributed by atoms with Crippen molar-refractivity contribution in [1.82, 2.24) is 19.9 Å². The number of nitrogens with one attached hydrogen (secondary N) is 2. The van der Waals surface area contributed by atoms with E-state index in [4.69, 9.17) is 9.15 Å². The fourth-order valence-corrected chi connectivity index (χ4v) is 4.16. The molecule has 9 heteroatoms. The molecule has 1 aliphatic heterocycles. The molecule has 4 aromatic rings. The van der Waals surface area contributed by atoms with E-state index in [1.54, 1.807) is 18.3 Å². The van der Waals surface area contributed by atoms with Crippen molar-refractivity contribution < 1.29 is 13.9 Å². The third-order valence-corrected chi connectivity index (χ3v) is 5.88. The number of hydrogen-bond donors (Lipinski definition) is 2. The number of amides is 1. The number of anilines is 2. The van der Waals surface area contributed by atoms with E-state index in [-0.39, 0.29) is 12.0 Å². The molecule has 0 fully saturated rings. The second kappa shape index (κ2) is 9.61. The first-order valence-electron chi connectivity index (χ1n) is 11.7. The zero-order valence-corrected chi connectivity index (χ0v) is 19.7. The first kappa shape index (κ1) is 22.6. The second-order valence-corrected chi connectivity index (χ2v) is 8.89. The average Bonchev–Trinajstić information content (AvgIpc) is 3.22. The summed E-state index contributed by atoms with van der Waals surface area (Å²) in [7, 11) is 0. The van der Waals surface area contributed by atoms with Gasteiger partial charge in [-0.05, 0) is 62.2 Å². The summed E-state index contributed by atoms with van der Waals surface area (Å²) >= 11 is 0. The maximum atomic E-state index is 12.8. The van der Waals surface area contributed by atoms with Crippen molar-refractivity contribution in [3.8, 4) is 5.75 Å². The van der Waals surface area contributed by atoms with Gasteiger partial charge in [-0.3, -0.25) is 9.78 Å². The standard InChI is InChI=1S/C26H27N5O4/c1-16(2)34-20-7-5-19(6-8-20)28-25-27-14-18-15-31(12-11-21(18)29-25)24(32)10-4-17-3-9-22-23(13-17)35-26(33)30-22/h3,5-9,13-14,16H,4,10-12,15H2,1-2H3,(H,30,33)(H,27,28,29). The number of aromatic amines is 1. The van der Waals surface area contributed by atoms with Crippen LogP contribution >= 0.6 is 0 Å². The van der Waals surface area contributed by atoms with Gasteiger partial charge in [0, 0.05) is 43.4 Å². The van der Waals surface area contributed by atoms with Gasteiger partial charge < -0.3 is 19.4 Å². The Morgan fingerprint density at radius 2 is 2.06 bits per heavy atom. The van der Waals surface area contributed by atoms with Gasteiger partial charge in [-0.15, -0.1) is 0 Å². The average molecular weight is 474 g/mol. The number of carbonyl (C=O) groups excluding carboxylic acids is 1. The molecule has 2 aromatic heterocycles. The van der Waals surface area contributed by atoms with Crippen molar-refractivity contribution in [2.24, 2.45) is 0 Å². The Balaban J connectivity index is 1.18. The highest BCUT2D eigenvalue weighted by Crippen LogP contribution is 2.23. The lowest BCUT2D eigenvalue weighted by Gasteiger charge is -2.28. The minimum Gasteiger partial charge on any atom is -0.491 e. The zero-order valence-electron chi connectivity index (χ0n) is 19.7. The molecule has 2 aromatic carbocycles. The first-order chi connectivity index (χ1) is 16.9. The maximum Gasteiger partial charge on any atom is 0.417 e. The number of carbonyl (C=O) groups is 1. The van der Waals surface area contributed by atoms with Crippen molar-refractivity contribution in [2.45, 2.75) is 45.8 Å². The van der Waals surface area contributed by atoms with Crippen LogP contribution in [0.25, 0.3) is 11.1 Å². The van der Waals surface area contributed by atoms with Crippen LogP contribution in [0.15, 0.2) is 57.9 Å². The maximum absolute atomic E-state index is 12.8. The van der Waals surface area contributed by atoms with Crippen molar-refractivity contribution >= 4 is 28.6 Å². The van der Waals surface area contributed by atoms with E-state index in [9.17, 15) is 9.59 Å². The van der Waals surface area contributed by atoms with Gasteiger partial charge in [-0.2, -0.15) is 0 Å². The summed E-state index contributed by atoms with van der Waals surface area (Å²) in [6, 6.07) is 13.2. The Bertz CT molecular complexity index is 1410. The Morgan fingerprint density at radius 1 is 1.23 bits per heavy atom. The van der Waals surface area contributed by atoms with Crippen LogP contribution in [0.3, 0.4) is 0 Å². The Morgan fingerprint density at radius 3 is 2.86 bits per heavy atom. The highest BCUT2D eigenvalue weighted by atomic mass is 16.5. The molecule has 3 heterocycles. The van der Waals surface area contributed by atoms with Gasteiger partial charge in [0.15, 0.2) is 5.58 Å². The van der Waals surface area contributed by atoms with Crippen molar-refractivity contribution in [3.05, 3.63) is 76.0 Å². The highest BCUT2D eigenvalue weighted by molar-refractivity contribution is 5.77. The summed E-state index contributed by atoms with van der Waals surface area (Å²) in [4.78, 5) is 37.7. The van der Waals surface area contributed by atoms with Crippen molar-refractivity contribution in [3.63, 3.8) is 0 Å². The van der Waals surface area contributed by atoms with Crippen molar-refractivity contribution in [1.29, 1.82) is 0 Å². The fraction of sp³-hybridized carbons (Fsp3) is 0.308. The number of benzene rings is 2. The largest absolute Gasteiger partial charge is 0.491 e. The van der Waals surface area contributed by atoms with Gasteiger partial charge in [0.05, 0.1) is 17.3 Å². The van der Waals surface area contributed by atoms with Crippen LogP contribution in [0.5, 0.6) is 5.75 Å². The van der Waals surface area contributed by atoms with E-state index in [0.717, 1.165) is 28.3 Å². The van der Waals surface area contributed by atoms with E-state index in [1.807, 2.05) is 49.1 Å². The topological polar surface area (TPSA) is 113 Å². The van der Waals surface area contributed by atoms with Crippen LogP contribution in [0.4, 0.5) is 11.6 Å². The summed E-state index contributed by atoms with van der Waals surface area (Å²) in [5, 5.41) is 3.23. The lowest BCUT2D eigenvalue weighted by atomic mass is 10.1. The van der Waals surface area contributed by atoms with Gasteiger partial charge in [-0.1, -0.05) is 6.07 Å². The minimum absolute atomic E-state index is 0.0807. The Hall–Kier alpha value is -4.14. The normalized spacial score (nSPS) is 13.2. The van der Waals surface area contributed by atoms with Crippen LogP contribution in [-0.4, -0.2) is 38.4 Å². The van der Waals surface area contributed by atoms with Crippen LogP contribution in [0, 0.1) is 0 Å². The van der Waals surface area contributed by atoms with E-state index in [1.165, 1.54) is 0 Å². The monoisotopic (exact) mass is 473 g/mol. The molecule has 0 bridgehead atoms. The van der Waals surface area contributed by atoms with Crippen LogP contribution in [0.1, 0.15) is 37.1 Å². The van der Waals surface area contributed by atoms with Crippen molar-refractivity contribution in [2.75, 3.05) is 11.9 Å². The van der Waals surface area contributed by atoms with E-state index >= 15 is 0 Å². The molecule has 0 atom stereocenters. The van der Waals surface area contributed by atoms with Gasteiger partial charge in [0.1, 0.15) is 5.75 Å². The lowest BCUT2D eigenvalue weighted by Crippen LogP contribution is -2.36. The molecule has 180 valence electrons. The number of aryl methyl sites for hydroxylation is 1. The number of oxazole rings is 1. The molecule has 1 aliphatic rings. The summed E-state index contributed by atoms with van der Waals surface area (Å²) in [6.07, 6.45) is 3.56.